The van der Waals surface area contributed by atoms with E-state index in [4.69, 9.17) is 5.11 Å². The number of aliphatic carboxylic acids is 1. The van der Waals surface area contributed by atoms with Crippen LogP contribution in [-0.4, -0.2) is 11.1 Å². The van der Waals surface area contributed by atoms with Gasteiger partial charge in [-0.05, 0) is 5.56 Å². The Kier molecular flexibility index (Phi) is 3.68. The standard InChI is InChI=1S/C12H12O2/c1-2-6-11(12(13)14)9-10-7-4-3-5-8-10/h2-8H,1,9H2,(H,13,14). The molecule has 1 N–H and O–H groups in total. The molecular formula is C12H12O2. The second-order valence-corrected chi connectivity index (χ2v) is 2.90. The fraction of sp³-hybridized carbons (Fsp3) is 0.0833. The predicted octanol–water partition coefficient (Wildman–Crippen LogP) is 2.43. The number of carboxylic acids is 1. The average Bonchev–Trinajstić information content (AvgIpc) is 2.18. The summed E-state index contributed by atoms with van der Waals surface area (Å²) in [6.07, 6.45) is 3.45. The molecule has 0 fully saturated rings. The molecule has 14 heavy (non-hydrogen) atoms. The first kappa shape index (κ1) is 10.3. The number of rotatable bonds is 4. The Morgan fingerprint density at radius 2 is 2.00 bits per heavy atom. The van der Waals surface area contributed by atoms with Crippen LogP contribution in [0.3, 0.4) is 0 Å². The van der Waals surface area contributed by atoms with Crippen LogP contribution in [0, 0.1) is 0 Å². The zero-order valence-corrected chi connectivity index (χ0v) is 7.81. The van der Waals surface area contributed by atoms with Gasteiger partial charge in [0, 0.05) is 12.0 Å². The highest BCUT2D eigenvalue weighted by Gasteiger charge is 2.06. The lowest BCUT2D eigenvalue weighted by molar-refractivity contribution is -0.132. The summed E-state index contributed by atoms with van der Waals surface area (Å²) in [5.74, 6) is -0.895. The van der Waals surface area contributed by atoms with Crippen molar-refractivity contribution in [1.82, 2.24) is 0 Å². The fourth-order valence-electron chi connectivity index (χ4n) is 1.16. The van der Waals surface area contributed by atoms with E-state index in [2.05, 4.69) is 6.58 Å². The van der Waals surface area contributed by atoms with Crippen molar-refractivity contribution < 1.29 is 9.90 Å². The molecule has 0 amide bonds. The number of benzene rings is 1. The molecule has 0 saturated carbocycles. The van der Waals surface area contributed by atoms with Crippen LogP contribution in [0.25, 0.3) is 0 Å². The van der Waals surface area contributed by atoms with Crippen molar-refractivity contribution in [3.8, 4) is 0 Å². The van der Waals surface area contributed by atoms with Gasteiger partial charge in [-0.1, -0.05) is 49.1 Å². The maximum atomic E-state index is 10.8. The van der Waals surface area contributed by atoms with E-state index in [1.165, 1.54) is 12.2 Å². The second kappa shape index (κ2) is 5.02. The number of hydrogen-bond acceptors (Lipinski definition) is 1. The summed E-state index contributed by atoms with van der Waals surface area (Å²) < 4.78 is 0. The van der Waals surface area contributed by atoms with Crippen LogP contribution >= 0.6 is 0 Å². The van der Waals surface area contributed by atoms with Gasteiger partial charge < -0.3 is 5.11 Å². The van der Waals surface area contributed by atoms with Gasteiger partial charge in [-0.25, -0.2) is 4.79 Å². The Morgan fingerprint density at radius 1 is 1.36 bits per heavy atom. The highest BCUT2D eigenvalue weighted by molar-refractivity contribution is 5.87. The van der Waals surface area contributed by atoms with Crippen molar-refractivity contribution in [2.75, 3.05) is 0 Å². The van der Waals surface area contributed by atoms with E-state index in [9.17, 15) is 4.79 Å². The molecule has 0 aliphatic rings. The molecule has 0 bridgehead atoms. The van der Waals surface area contributed by atoms with Gasteiger partial charge in [0.15, 0.2) is 0 Å². The van der Waals surface area contributed by atoms with Crippen LogP contribution in [-0.2, 0) is 11.2 Å². The topological polar surface area (TPSA) is 37.3 Å². The highest BCUT2D eigenvalue weighted by atomic mass is 16.4. The summed E-state index contributed by atoms with van der Waals surface area (Å²) in [6, 6.07) is 9.49. The molecule has 0 atom stereocenters. The van der Waals surface area contributed by atoms with Gasteiger partial charge in [-0.3, -0.25) is 0 Å². The highest BCUT2D eigenvalue weighted by Crippen LogP contribution is 2.07. The SMILES string of the molecule is C=CC=C(Cc1ccccc1)C(=O)O. The number of carboxylic acid groups (broad SMARTS) is 1. The average molecular weight is 188 g/mol. The maximum Gasteiger partial charge on any atom is 0.331 e. The molecule has 1 aromatic rings. The predicted molar refractivity (Wildman–Crippen MR) is 56.1 cm³/mol. The van der Waals surface area contributed by atoms with Gasteiger partial charge >= 0.3 is 5.97 Å². The lowest BCUT2D eigenvalue weighted by atomic mass is 10.1. The van der Waals surface area contributed by atoms with Crippen molar-refractivity contribution in [3.05, 3.63) is 60.2 Å². The third-order valence-corrected chi connectivity index (χ3v) is 1.83. The minimum absolute atomic E-state index is 0.353. The summed E-state index contributed by atoms with van der Waals surface area (Å²) >= 11 is 0. The van der Waals surface area contributed by atoms with E-state index in [0.29, 0.717) is 12.0 Å². The zero-order valence-electron chi connectivity index (χ0n) is 7.81. The van der Waals surface area contributed by atoms with Crippen LogP contribution in [0.1, 0.15) is 5.56 Å². The van der Waals surface area contributed by atoms with E-state index in [0.717, 1.165) is 5.56 Å². The van der Waals surface area contributed by atoms with Crippen molar-refractivity contribution >= 4 is 5.97 Å². The third kappa shape index (κ3) is 2.90. The lowest BCUT2D eigenvalue weighted by Gasteiger charge is -2.01. The van der Waals surface area contributed by atoms with Crippen LogP contribution < -0.4 is 0 Å². The summed E-state index contributed by atoms with van der Waals surface area (Å²) in [7, 11) is 0. The molecule has 0 aliphatic heterocycles. The molecule has 0 aromatic heterocycles. The van der Waals surface area contributed by atoms with Gasteiger partial charge in [-0.15, -0.1) is 0 Å². The van der Waals surface area contributed by atoms with Crippen molar-refractivity contribution in [2.45, 2.75) is 6.42 Å². The molecule has 0 saturated heterocycles. The fourth-order valence-corrected chi connectivity index (χ4v) is 1.16. The van der Waals surface area contributed by atoms with E-state index < -0.39 is 5.97 Å². The molecular weight excluding hydrogens is 176 g/mol. The van der Waals surface area contributed by atoms with Crippen LogP contribution in [0.4, 0.5) is 0 Å². The molecule has 1 aromatic carbocycles. The monoisotopic (exact) mass is 188 g/mol. The minimum Gasteiger partial charge on any atom is -0.478 e. The minimum atomic E-state index is -0.895. The Balaban J connectivity index is 2.80. The number of allylic oxidation sites excluding steroid dienone is 2. The summed E-state index contributed by atoms with van der Waals surface area (Å²) in [4.78, 5) is 10.8. The molecule has 2 nitrogen and oxygen atoms in total. The van der Waals surface area contributed by atoms with E-state index in [1.807, 2.05) is 30.3 Å². The third-order valence-electron chi connectivity index (χ3n) is 1.83. The normalized spacial score (nSPS) is 11.0. The molecule has 72 valence electrons. The van der Waals surface area contributed by atoms with Gasteiger partial charge in [0.2, 0.25) is 0 Å². The van der Waals surface area contributed by atoms with E-state index in [-0.39, 0.29) is 0 Å². The molecule has 0 radical (unpaired) electrons. The number of carbonyl (C=O) groups is 1. The summed E-state index contributed by atoms with van der Waals surface area (Å²) in [5.41, 5.74) is 1.34. The molecule has 0 unspecified atom stereocenters. The van der Waals surface area contributed by atoms with Crippen LogP contribution in [0.15, 0.2) is 54.6 Å². The first-order valence-corrected chi connectivity index (χ1v) is 4.33. The number of hydrogen-bond donors (Lipinski definition) is 1. The quantitative estimate of drug-likeness (QED) is 0.582. The Labute approximate surface area is 83.2 Å². The second-order valence-electron chi connectivity index (χ2n) is 2.90. The first-order valence-electron chi connectivity index (χ1n) is 4.33. The van der Waals surface area contributed by atoms with E-state index >= 15 is 0 Å². The van der Waals surface area contributed by atoms with Crippen molar-refractivity contribution in [3.63, 3.8) is 0 Å². The smallest absolute Gasteiger partial charge is 0.331 e. The van der Waals surface area contributed by atoms with Crippen molar-refractivity contribution in [1.29, 1.82) is 0 Å². The van der Waals surface area contributed by atoms with Gasteiger partial charge in [-0.2, -0.15) is 0 Å². The molecule has 0 aliphatic carbocycles. The molecule has 2 heteroatoms. The molecule has 0 spiro atoms. The zero-order chi connectivity index (χ0) is 10.4. The van der Waals surface area contributed by atoms with Crippen LogP contribution in [0.2, 0.25) is 0 Å². The first-order chi connectivity index (χ1) is 6.74. The summed E-state index contributed by atoms with van der Waals surface area (Å²) in [5, 5.41) is 8.85. The summed E-state index contributed by atoms with van der Waals surface area (Å²) in [6.45, 7) is 3.48. The molecule has 0 heterocycles. The maximum absolute atomic E-state index is 10.8. The molecule has 1 rings (SSSR count). The largest absolute Gasteiger partial charge is 0.478 e. The Bertz CT molecular complexity index is 350. The van der Waals surface area contributed by atoms with Crippen molar-refractivity contribution in [2.24, 2.45) is 0 Å². The van der Waals surface area contributed by atoms with Gasteiger partial charge in [0.05, 0.1) is 0 Å². The lowest BCUT2D eigenvalue weighted by Crippen LogP contribution is -2.03. The Hall–Kier alpha value is -1.83. The van der Waals surface area contributed by atoms with Gasteiger partial charge in [0.1, 0.15) is 0 Å². The van der Waals surface area contributed by atoms with E-state index in [1.54, 1.807) is 0 Å². The van der Waals surface area contributed by atoms with Gasteiger partial charge in [0.25, 0.3) is 0 Å². The Morgan fingerprint density at radius 3 is 2.50 bits per heavy atom. The van der Waals surface area contributed by atoms with Crippen LogP contribution in [0.5, 0.6) is 0 Å².